The molecule has 0 aromatic carbocycles. The predicted molar refractivity (Wildman–Crippen MR) is 197 cm³/mol. The van der Waals surface area contributed by atoms with Crippen LogP contribution in [0.5, 0.6) is 0 Å². The zero-order chi connectivity index (χ0) is 37.9. The number of primary amides is 1. The van der Waals surface area contributed by atoms with Crippen LogP contribution in [-0.2, 0) is 14.3 Å². The lowest BCUT2D eigenvalue weighted by Crippen LogP contribution is -2.71. The van der Waals surface area contributed by atoms with Gasteiger partial charge in [0.15, 0.2) is 11.5 Å². The summed E-state index contributed by atoms with van der Waals surface area (Å²) in [6.45, 7) is 25.2. The van der Waals surface area contributed by atoms with E-state index in [-0.39, 0.29) is 69.7 Å². The van der Waals surface area contributed by atoms with E-state index in [9.17, 15) is 14.7 Å². The molecule has 2 bridgehead atoms. The summed E-state index contributed by atoms with van der Waals surface area (Å²) in [6, 6.07) is -0.370. The number of carboxylic acid groups (broad SMARTS) is 1. The minimum Gasteiger partial charge on any atom is -0.481 e. The zero-order valence-electron chi connectivity index (χ0n) is 33.1. The number of carbonyl (C=O) groups is 2. The molecule has 51 heavy (non-hydrogen) atoms. The molecule has 1 amide bonds. The van der Waals surface area contributed by atoms with Crippen molar-refractivity contribution in [3.8, 4) is 0 Å². The normalized spacial score (nSPS) is 43.8. The number of hydrogen-bond donors (Lipinski definition) is 4. The summed E-state index contributed by atoms with van der Waals surface area (Å²) in [5.41, 5.74) is 17.8. The Bertz CT molecular complexity index is 1590. The maximum Gasteiger partial charge on any atom is 0.307 e. The fourth-order valence-electron chi connectivity index (χ4n) is 12.5. The second kappa shape index (κ2) is 12.3. The number of aliphatic carboxylic acids is 1. The highest BCUT2D eigenvalue weighted by Gasteiger charge is 2.73. The molecule has 13 atom stereocenters. The molecule has 1 aromatic rings. The minimum atomic E-state index is -0.718. The maximum atomic E-state index is 13.5. The van der Waals surface area contributed by atoms with Crippen LogP contribution in [0, 0.1) is 62.6 Å². The van der Waals surface area contributed by atoms with Crippen molar-refractivity contribution in [2.75, 3.05) is 18.9 Å². The Balaban J connectivity index is 1.50. The number of rotatable bonds is 9. The van der Waals surface area contributed by atoms with Gasteiger partial charge in [0.05, 0.1) is 37.4 Å². The van der Waals surface area contributed by atoms with E-state index in [4.69, 9.17) is 26.7 Å². The summed E-state index contributed by atoms with van der Waals surface area (Å²) in [5, 5.41) is 20.3. The molecule has 1 unspecified atom stereocenters. The first-order valence-electron chi connectivity index (χ1n) is 19.5. The topological polar surface area (TPSA) is 182 Å². The zero-order valence-corrected chi connectivity index (χ0v) is 33.1. The first-order valence-corrected chi connectivity index (χ1v) is 19.5. The summed E-state index contributed by atoms with van der Waals surface area (Å²) in [7, 11) is 0. The number of amides is 1. The third kappa shape index (κ3) is 5.20. The lowest BCUT2D eigenvalue weighted by Gasteiger charge is -2.72. The number of aromatic nitrogens is 3. The Morgan fingerprint density at radius 1 is 1.10 bits per heavy atom. The van der Waals surface area contributed by atoms with E-state index >= 15 is 0 Å². The average molecular weight is 711 g/mol. The van der Waals surface area contributed by atoms with Crippen LogP contribution < -0.4 is 17.2 Å². The highest BCUT2D eigenvalue weighted by molar-refractivity contribution is 5.94. The fraction of sp³-hybridized carbons (Fsp3) is 0.850. The van der Waals surface area contributed by atoms with Gasteiger partial charge >= 0.3 is 5.97 Å². The van der Waals surface area contributed by atoms with Crippen LogP contribution in [0.2, 0.25) is 0 Å². The molecule has 286 valence electrons. The Morgan fingerprint density at radius 3 is 2.33 bits per heavy atom. The van der Waals surface area contributed by atoms with E-state index in [1.165, 1.54) is 5.57 Å². The average Bonchev–Trinajstić information content (AvgIpc) is 3.43. The molecule has 6 rings (SSSR count). The molecule has 2 heterocycles. The number of carbonyl (C=O) groups excluding carboxylic acids is 1. The number of nitrogen functional groups attached to an aromatic ring is 1. The molecule has 3 saturated carbocycles. The summed E-state index contributed by atoms with van der Waals surface area (Å²) in [6.07, 6.45) is 7.14. The van der Waals surface area contributed by atoms with Crippen molar-refractivity contribution in [1.29, 1.82) is 0 Å². The standard InChI is InChI=1S/C40H66N6O5/c1-21(2)23(5)35(7)16-17-37(9)25-12-13-28-36(8)19-50-24(6)40(28,26(25)14-15-38(37,10)30(35)34(48)49)18-27(31(36)51-20-39(11,43)22(3)4)46-44-29(33(42)47)32(41)45-46/h14,21-25,27-28,30-31H,12-13,15-20,43H2,1-11H3,(H2,41,45)(H2,42,47)(H,48,49)/t23-,24+,25+,27?,28+,30-,31+,35-,36-,37-,38+,39+,40+/m1/s1. The molecular weight excluding hydrogens is 644 g/mol. The van der Waals surface area contributed by atoms with E-state index in [1.807, 2.05) is 6.92 Å². The summed E-state index contributed by atoms with van der Waals surface area (Å²) in [4.78, 5) is 27.5. The second-order valence-corrected chi connectivity index (χ2v) is 19.5. The van der Waals surface area contributed by atoms with Gasteiger partial charge in [-0.1, -0.05) is 74.0 Å². The number of fused-ring (bicyclic) bond motifs is 3. The fourth-order valence-corrected chi connectivity index (χ4v) is 12.5. The third-order valence-corrected chi connectivity index (χ3v) is 16.7. The van der Waals surface area contributed by atoms with Crippen molar-refractivity contribution >= 4 is 17.7 Å². The number of anilines is 1. The van der Waals surface area contributed by atoms with Crippen molar-refractivity contribution in [3.63, 3.8) is 0 Å². The van der Waals surface area contributed by atoms with Gasteiger partial charge in [0, 0.05) is 16.4 Å². The number of hydrogen-bond acceptors (Lipinski definition) is 8. The Labute approximate surface area is 305 Å². The Hall–Kier alpha value is -2.50. The van der Waals surface area contributed by atoms with Gasteiger partial charge in [0.1, 0.15) is 0 Å². The lowest BCUT2D eigenvalue weighted by atomic mass is 9.33. The van der Waals surface area contributed by atoms with Gasteiger partial charge < -0.3 is 31.8 Å². The van der Waals surface area contributed by atoms with E-state index in [0.717, 1.165) is 25.7 Å². The van der Waals surface area contributed by atoms with Crippen LogP contribution in [0.3, 0.4) is 0 Å². The van der Waals surface area contributed by atoms with Gasteiger partial charge in [-0.05, 0) is 98.2 Å². The molecule has 0 spiro atoms. The molecule has 1 saturated heterocycles. The number of nitrogens with two attached hydrogens (primary N) is 3. The van der Waals surface area contributed by atoms with Gasteiger partial charge in [-0.25, -0.2) is 0 Å². The van der Waals surface area contributed by atoms with Gasteiger partial charge in [0.25, 0.3) is 5.91 Å². The molecule has 7 N–H and O–H groups in total. The van der Waals surface area contributed by atoms with Crippen LogP contribution in [0.15, 0.2) is 11.6 Å². The minimum absolute atomic E-state index is 0.00796. The van der Waals surface area contributed by atoms with Crippen LogP contribution in [0.25, 0.3) is 0 Å². The number of allylic oxidation sites excluding steroid dienone is 1. The van der Waals surface area contributed by atoms with E-state index in [1.54, 1.807) is 4.80 Å². The SMILES string of the molecule is CC(C)[C@@H](C)[C@@]1(C)CC[C@]2(C)[C@H]3CC[C@H]4[C@@]5(C)CO[C@@H](C)[C@@]4(CC(n4nc(N)c(C(N)=O)n4)[C@@H]5OC[C@](C)(N)C(C)C)C3=CC[C@@]2(C)[C@@H]1C(=O)O. The highest BCUT2D eigenvalue weighted by atomic mass is 16.5. The van der Waals surface area contributed by atoms with E-state index in [0.29, 0.717) is 32.0 Å². The molecule has 1 aromatic heterocycles. The van der Waals surface area contributed by atoms with Crippen molar-refractivity contribution in [1.82, 2.24) is 15.0 Å². The van der Waals surface area contributed by atoms with Crippen molar-refractivity contribution in [2.45, 2.75) is 138 Å². The maximum absolute atomic E-state index is 13.5. The lowest BCUT2D eigenvalue weighted by molar-refractivity contribution is -0.274. The van der Waals surface area contributed by atoms with Crippen molar-refractivity contribution < 1.29 is 24.2 Å². The van der Waals surface area contributed by atoms with Crippen molar-refractivity contribution in [2.24, 2.45) is 74.0 Å². The number of nitrogens with zero attached hydrogens (tertiary/aromatic N) is 3. The summed E-state index contributed by atoms with van der Waals surface area (Å²) < 4.78 is 13.8. The third-order valence-electron chi connectivity index (χ3n) is 16.7. The van der Waals surface area contributed by atoms with Crippen LogP contribution >= 0.6 is 0 Å². The van der Waals surface area contributed by atoms with Crippen LogP contribution in [-0.4, -0.2) is 62.9 Å². The second-order valence-electron chi connectivity index (χ2n) is 19.5. The largest absolute Gasteiger partial charge is 0.481 e. The first kappa shape index (κ1) is 38.2. The number of carboxylic acids is 1. The molecule has 11 heteroatoms. The molecular formula is C40H66N6O5. The smallest absolute Gasteiger partial charge is 0.307 e. The predicted octanol–water partition coefficient (Wildman–Crippen LogP) is 6.24. The molecule has 0 radical (unpaired) electrons. The monoisotopic (exact) mass is 711 g/mol. The van der Waals surface area contributed by atoms with E-state index in [2.05, 4.69) is 85.5 Å². The van der Waals surface area contributed by atoms with Gasteiger partial charge in [-0.15, -0.1) is 10.2 Å². The van der Waals surface area contributed by atoms with Crippen LogP contribution in [0.1, 0.15) is 131 Å². The first-order chi connectivity index (χ1) is 23.5. The van der Waals surface area contributed by atoms with Gasteiger partial charge in [0.2, 0.25) is 0 Å². The van der Waals surface area contributed by atoms with Gasteiger partial charge in [-0.2, -0.15) is 4.80 Å². The molecule has 4 aliphatic carbocycles. The molecule has 11 nitrogen and oxygen atoms in total. The van der Waals surface area contributed by atoms with Crippen LogP contribution in [0.4, 0.5) is 5.82 Å². The summed E-state index contributed by atoms with van der Waals surface area (Å²) >= 11 is 0. The molecule has 5 aliphatic rings. The Kier molecular flexibility index (Phi) is 9.20. The van der Waals surface area contributed by atoms with Gasteiger partial charge in [-0.3, -0.25) is 9.59 Å². The summed E-state index contributed by atoms with van der Waals surface area (Å²) in [5.74, 6) is -0.561. The molecule has 1 aliphatic heterocycles. The van der Waals surface area contributed by atoms with E-state index < -0.39 is 34.2 Å². The Morgan fingerprint density at radius 2 is 1.76 bits per heavy atom. The highest BCUT2D eigenvalue weighted by Crippen LogP contribution is 2.76. The quantitative estimate of drug-likeness (QED) is 0.216. The molecule has 4 fully saturated rings. The number of ether oxygens (including phenoxy) is 2. The van der Waals surface area contributed by atoms with Crippen molar-refractivity contribution in [3.05, 3.63) is 17.3 Å².